The number of rotatable bonds is 8. The van der Waals surface area contributed by atoms with Gasteiger partial charge in [-0.1, -0.05) is 70.7 Å². The number of hydrogen-bond donors (Lipinski definition) is 0. The van der Waals surface area contributed by atoms with Crippen molar-refractivity contribution in [3.05, 3.63) is 42.5 Å². The van der Waals surface area contributed by atoms with Crippen molar-refractivity contribution in [1.82, 2.24) is 0 Å². The van der Waals surface area contributed by atoms with Crippen molar-refractivity contribution in [3.8, 4) is 22.6 Å². The Kier molecular flexibility index (Phi) is 8.75. The standard InChI is InChI=1S/C30H43O2P/c1-22(2)31-24-19-20-27(29(21-24)32-23(3)4)28-17-11-12-18-30(28)33(25-13-7-5-8-14-25)26-15-9-6-10-16-26/h11-12,17-23,25-26H,5-10,13-16H2,1-4H3. The van der Waals surface area contributed by atoms with Crippen LogP contribution in [-0.2, 0) is 0 Å². The smallest absolute Gasteiger partial charge is 0.131 e. The van der Waals surface area contributed by atoms with Gasteiger partial charge in [-0.25, -0.2) is 0 Å². The van der Waals surface area contributed by atoms with Gasteiger partial charge in [0.2, 0.25) is 0 Å². The van der Waals surface area contributed by atoms with Crippen LogP contribution in [0.15, 0.2) is 42.5 Å². The molecule has 0 bridgehead atoms. The highest BCUT2D eigenvalue weighted by Gasteiger charge is 2.34. The average Bonchev–Trinajstić information content (AvgIpc) is 2.81. The van der Waals surface area contributed by atoms with E-state index < -0.39 is 0 Å². The molecule has 0 radical (unpaired) electrons. The lowest BCUT2D eigenvalue weighted by atomic mass is 9.99. The molecule has 0 atom stereocenters. The number of hydrogen-bond acceptors (Lipinski definition) is 2. The Bertz CT molecular complexity index is 861. The van der Waals surface area contributed by atoms with E-state index in [0.717, 1.165) is 22.8 Å². The zero-order valence-electron chi connectivity index (χ0n) is 21.2. The molecule has 2 nitrogen and oxygen atoms in total. The summed E-state index contributed by atoms with van der Waals surface area (Å²) in [5.74, 6) is 1.85. The fourth-order valence-corrected chi connectivity index (χ4v) is 9.72. The highest BCUT2D eigenvalue weighted by atomic mass is 31.1. The molecule has 0 aromatic heterocycles. The summed E-state index contributed by atoms with van der Waals surface area (Å²) in [5, 5.41) is 1.62. The van der Waals surface area contributed by atoms with E-state index >= 15 is 0 Å². The molecular formula is C30H43O2P. The molecule has 0 amide bonds. The maximum absolute atomic E-state index is 6.37. The minimum atomic E-state index is -0.178. The lowest BCUT2D eigenvalue weighted by Crippen LogP contribution is -2.27. The van der Waals surface area contributed by atoms with E-state index in [1.807, 2.05) is 0 Å². The van der Waals surface area contributed by atoms with Gasteiger partial charge in [0.1, 0.15) is 11.5 Å². The zero-order chi connectivity index (χ0) is 23.2. The molecule has 0 heterocycles. The Morgan fingerprint density at radius 2 is 1.24 bits per heavy atom. The van der Waals surface area contributed by atoms with E-state index in [-0.39, 0.29) is 20.1 Å². The Morgan fingerprint density at radius 1 is 0.667 bits per heavy atom. The van der Waals surface area contributed by atoms with Crippen LogP contribution in [0.1, 0.15) is 91.9 Å². The predicted octanol–water partition coefficient (Wildman–Crippen LogP) is 8.70. The van der Waals surface area contributed by atoms with Gasteiger partial charge in [0.05, 0.1) is 12.2 Å². The van der Waals surface area contributed by atoms with E-state index in [0.29, 0.717) is 0 Å². The molecule has 0 saturated heterocycles. The topological polar surface area (TPSA) is 18.5 Å². The van der Waals surface area contributed by atoms with Gasteiger partial charge in [-0.05, 0) is 87.7 Å². The minimum absolute atomic E-state index is 0.128. The summed E-state index contributed by atoms with van der Waals surface area (Å²) in [5.41, 5.74) is 4.40. The Balaban J connectivity index is 1.77. The van der Waals surface area contributed by atoms with Gasteiger partial charge in [0, 0.05) is 11.6 Å². The molecule has 0 aliphatic heterocycles. The molecular weight excluding hydrogens is 423 g/mol. The summed E-state index contributed by atoms with van der Waals surface area (Å²) in [6.07, 6.45) is 14.5. The van der Waals surface area contributed by atoms with Gasteiger partial charge in [0.25, 0.3) is 0 Å². The molecule has 2 aliphatic carbocycles. The van der Waals surface area contributed by atoms with Crippen molar-refractivity contribution >= 4 is 13.2 Å². The van der Waals surface area contributed by atoms with Gasteiger partial charge < -0.3 is 9.47 Å². The van der Waals surface area contributed by atoms with Crippen LogP contribution in [0.3, 0.4) is 0 Å². The SMILES string of the molecule is CC(C)Oc1ccc(-c2ccccc2P(C2CCCCC2)C2CCCCC2)c(OC(C)C)c1. The maximum atomic E-state index is 6.37. The summed E-state index contributed by atoms with van der Waals surface area (Å²) in [4.78, 5) is 0. The average molecular weight is 467 g/mol. The second kappa shape index (κ2) is 11.7. The Morgan fingerprint density at radius 3 is 1.82 bits per heavy atom. The van der Waals surface area contributed by atoms with Gasteiger partial charge in [-0.15, -0.1) is 0 Å². The van der Waals surface area contributed by atoms with Crippen LogP contribution in [0.25, 0.3) is 11.1 Å². The van der Waals surface area contributed by atoms with Gasteiger partial charge >= 0.3 is 0 Å². The van der Waals surface area contributed by atoms with Crippen LogP contribution in [0.4, 0.5) is 0 Å². The fourth-order valence-electron chi connectivity index (χ4n) is 5.76. The Labute approximate surface area is 203 Å². The highest BCUT2D eigenvalue weighted by Crippen LogP contribution is 2.56. The predicted molar refractivity (Wildman–Crippen MR) is 144 cm³/mol. The van der Waals surface area contributed by atoms with Gasteiger partial charge in [-0.2, -0.15) is 0 Å². The fraction of sp³-hybridized carbons (Fsp3) is 0.600. The second-order valence-electron chi connectivity index (χ2n) is 10.5. The molecule has 3 heteroatoms. The maximum Gasteiger partial charge on any atom is 0.131 e. The highest BCUT2D eigenvalue weighted by molar-refractivity contribution is 7.67. The molecule has 2 aromatic rings. The van der Waals surface area contributed by atoms with Gasteiger partial charge in [0.15, 0.2) is 0 Å². The van der Waals surface area contributed by atoms with Crippen LogP contribution in [-0.4, -0.2) is 23.5 Å². The first-order valence-corrected chi connectivity index (χ1v) is 14.9. The molecule has 4 rings (SSSR count). The lowest BCUT2D eigenvalue weighted by Gasteiger charge is -2.39. The normalized spacial score (nSPS) is 18.3. The zero-order valence-corrected chi connectivity index (χ0v) is 22.1. The third kappa shape index (κ3) is 6.33. The lowest BCUT2D eigenvalue weighted by molar-refractivity contribution is 0.230. The summed E-state index contributed by atoms with van der Waals surface area (Å²) in [6.45, 7) is 8.38. The second-order valence-corrected chi connectivity index (χ2v) is 13.3. The molecule has 0 unspecified atom stereocenters. The van der Waals surface area contributed by atoms with Crippen LogP contribution >= 0.6 is 7.92 Å². The monoisotopic (exact) mass is 466 g/mol. The molecule has 180 valence electrons. The third-order valence-corrected chi connectivity index (χ3v) is 10.6. The number of ether oxygens (including phenoxy) is 2. The molecule has 2 aromatic carbocycles. The molecule has 2 fully saturated rings. The first-order chi connectivity index (χ1) is 16.0. The Hall–Kier alpha value is -1.53. The van der Waals surface area contributed by atoms with Crippen molar-refractivity contribution in [2.45, 2.75) is 115 Å². The van der Waals surface area contributed by atoms with Crippen LogP contribution in [0, 0.1) is 0 Å². The molecule has 0 spiro atoms. The first kappa shape index (κ1) is 24.6. The minimum Gasteiger partial charge on any atom is -0.491 e. The van der Waals surface area contributed by atoms with E-state index in [4.69, 9.17) is 9.47 Å². The molecule has 33 heavy (non-hydrogen) atoms. The van der Waals surface area contributed by atoms with Crippen molar-refractivity contribution in [3.63, 3.8) is 0 Å². The summed E-state index contributed by atoms with van der Waals surface area (Å²) < 4.78 is 12.4. The van der Waals surface area contributed by atoms with Crippen molar-refractivity contribution in [2.24, 2.45) is 0 Å². The van der Waals surface area contributed by atoms with E-state index in [1.165, 1.54) is 75.3 Å². The largest absolute Gasteiger partial charge is 0.491 e. The van der Waals surface area contributed by atoms with Crippen LogP contribution < -0.4 is 14.8 Å². The van der Waals surface area contributed by atoms with Crippen LogP contribution in [0.2, 0.25) is 0 Å². The van der Waals surface area contributed by atoms with Gasteiger partial charge in [-0.3, -0.25) is 0 Å². The van der Waals surface area contributed by atoms with E-state index in [2.05, 4.69) is 70.2 Å². The molecule has 2 aliphatic rings. The van der Waals surface area contributed by atoms with Crippen molar-refractivity contribution in [2.75, 3.05) is 0 Å². The van der Waals surface area contributed by atoms with Crippen molar-refractivity contribution in [1.29, 1.82) is 0 Å². The number of benzene rings is 2. The third-order valence-electron chi connectivity index (χ3n) is 7.10. The van der Waals surface area contributed by atoms with E-state index in [9.17, 15) is 0 Å². The summed E-state index contributed by atoms with van der Waals surface area (Å²) in [6, 6.07) is 15.8. The summed E-state index contributed by atoms with van der Waals surface area (Å²) in [7, 11) is -0.178. The van der Waals surface area contributed by atoms with Crippen LogP contribution in [0.5, 0.6) is 11.5 Å². The van der Waals surface area contributed by atoms with Crippen molar-refractivity contribution < 1.29 is 9.47 Å². The van der Waals surface area contributed by atoms with E-state index in [1.54, 1.807) is 5.30 Å². The molecule has 0 N–H and O–H groups in total. The first-order valence-electron chi connectivity index (χ1n) is 13.4. The summed E-state index contributed by atoms with van der Waals surface area (Å²) >= 11 is 0. The molecule has 2 saturated carbocycles. The quantitative estimate of drug-likeness (QED) is 0.362.